The second kappa shape index (κ2) is 12.4. The van der Waals surface area contributed by atoms with Gasteiger partial charge in [0, 0.05) is 4.90 Å². The van der Waals surface area contributed by atoms with Crippen molar-refractivity contribution in [2.24, 2.45) is 0 Å². The lowest BCUT2D eigenvalue weighted by molar-refractivity contribution is -0.139. The average molecular weight is 591 g/mol. The Kier molecular flexibility index (Phi) is 10.3. The minimum absolute atomic E-state index is 0.0598. The maximum atomic E-state index is 13.7. The fourth-order valence-electron chi connectivity index (χ4n) is 3.05. The van der Waals surface area contributed by atoms with Gasteiger partial charge in [-0.1, -0.05) is 41.4 Å². The first kappa shape index (κ1) is 30.8. The first-order valence-electron chi connectivity index (χ1n) is 10.3. The standard InChI is InChI=1S/C23H19Cl2F7N2O2S/c1-11(20(35)33-10-22(27,28)29)34-21(36)14-5-3-12(7-18(14)37-2)4-6-15(23(30,31)32)13-8-16(24)19(26)17(25)9-13/h3-9,11,15H,10H2,1-2H3,(H,33,35)(H,34,36). The molecule has 2 rings (SSSR count). The van der Waals surface area contributed by atoms with Crippen LogP contribution in [0, 0.1) is 5.82 Å². The molecule has 0 radical (unpaired) electrons. The molecule has 0 aliphatic carbocycles. The fourth-order valence-corrected chi connectivity index (χ4v) is 4.19. The van der Waals surface area contributed by atoms with Crippen LogP contribution >= 0.6 is 35.0 Å². The Hall–Kier alpha value is -2.44. The molecule has 2 N–H and O–H groups in total. The van der Waals surface area contributed by atoms with Gasteiger partial charge in [0.2, 0.25) is 5.91 Å². The van der Waals surface area contributed by atoms with E-state index in [4.69, 9.17) is 23.2 Å². The molecular formula is C23H19Cl2F7N2O2S. The molecule has 0 fully saturated rings. The third-order valence-electron chi connectivity index (χ3n) is 4.87. The highest BCUT2D eigenvalue weighted by molar-refractivity contribution is 7.98. The van der Waals surface area contributed by atoms with Crippen LogP contribution in [0.3, 0.4) is 0 Å². The van der Waals surface area contributed by atoms with Gasteiger partial charge >= 0.3 is 12.4 Å². The van der Waals surface area contributed by atoms with Crippen molar-refractivity contribution < 1.29 is 40.3 Å². The number of hydrogen-bond acceptors (Lipinski definition) is 3. The summed E-state index contributed by atoms with van der Waals surface area (Å²) in [7, 11) is 0. The van der Waals surface area contributed by atoms with Gasteiger partial charge in [-0.25, -0.2) is 4.39 Å². The van der Waals surface area contributed by atoms with E-state index in [0.717, 1.165) is 36.0 Å². The Bertz CT molecular complexity index is 1160. The highest BCUT2D eigenvalue weighted by atomic mass is 35.5. The minimum Gasteiger partial charge on any atom is -0.345 e. The van der Waals surface area contributed by atoms with Crippen LogP contribution in [0.25, 0.3) is 6.08 Å². The van der Waals surface area contributed by atoms with Crippen molar-refractivity contribution in [2.45, 2.75) is 36.1 Å². The van der Waals surface area contributed by atoms with E-state index >= 15 is 0 Å². The van der Waals surface area contributed by atoms with Gasteiger partial charge in [0.15, 0.2) is 5.82 Å². The topological polar surface area (TPSA) is 58.2 Å². The minimum atomic E-state index is -4.76. The van der Waals surface area contributed by atoms with Gasteiger partial charge in [0.25, 0.3) is 5.91 Å². The zero-order valence-corrected chi connectivity index (χ0v) is 21.4. The van der Waals surface area contributed by atoms with Gasteiger partial charge in [-0.2, -0.15) is 26.3 Å². The van der Waals surface area contributed by atoms with E-state index in [2.05, 4.69) is 5.32 Å². The highest BCUT2D eigenvalue weighted by Gasteiger charge is 2.39. The molecule has 0 aliphatic rings. The zero-order chi connectivity index (χ0) is 28.1. The summed E-state index contributed by atoms with van der Waals surface area (Å²) in [5.41, 5.74) is -0.0333. The van der Waals surface area contributed by atoms with Crippen molar-refractivity contribution in [1.29, 1.82) is 0 Å². The van der Waals surface area contributed by atoms with Crippen LogP contribution in [0.5, 0.6) is 0 Å². The van der Waals surface area contributed by atoms with E-state index in [1.165, 1.54) is 25.1 Å². The summed E-state index contributed by atoms with van der Waals surface area (Å²) in [6, 6.07) is 4.44. The number of carbonyl (C=O) groups excluding carboxylic acids is 2. The number of thioether (sulfide) groups is 1. The van der Waals surface area contributed by atoms with Crippen molar-refractivity contribution in [3.8, 4) is 0 Å². The molecule has 0 spiro atoms. The monoisotopic (exact) mass is 590 g/mol. The quantitative estimate of drug-likeness (QED) is 0.197. The van der Waals surface area contributed by atoms with Crippen molar-refractivity contribution in [1.82, 2.24) is 10.6 Å². The van der Waals surface area contributed by atoms with Gasteiger partial charge in [0.1, 0.15) is 12.6 Å². The fraction of sp³-hybridized carbons (Fsp3) is 0.304. The summed E-state index contributed by atoms with van der Waals surface area (Å²) in [5.74, 6) is -5.02. The van der Waals surface area contributed by atoms with E-state index in [1.807, 2.05) is 0 Å². The summed E-state index contributed by atoms with van der Waals surface area (Å²) in [6.45, 7) is -0.358. The van der Waals surface area contributed by atoms with E-state index in [0.29, 0.717) is 4.90 Å². The van der Waals surface area contributed by atoms with Crippen LogP contribution in [-0.4, -0.2) is 43.0 Å². The Morgan fingerprint density at radius 2 is 1.65 bits per heavy atom. The van der Waals surface area contributed by atoms with Crippen LogP contribution in [0.2, 0.25) is 10.0 Å². The van der Waals surface area contributed by atoms with Crippen LogP contribution < -0.4 is 10.6 Å². The second-order valence-corrected chi connectivity index (χ2v) is 9.33. The Morgan fingerprint density at radius 3 is 2.16 bits per heavy atom. The summed E-state index contributed by atoms with van der Waals surface area (Å²) in [5, 5.41) is 2.81. The van der Waals surface area contributed by atoms with Crippen molar-refractivity contribution in [3.05, 3.63) is 69.0 Å². The molecule has 0 saturated carbocycles. The Morgan fingerprint density at radius 1 is 1.05 bits per heavy atom. The molecule has 2 amide bonds. The number of benzene rings is 2. The molecule has 2 atom stereocenters. The summed E-state index contributed by atoms with van der Waals surface area (Å²) in [6.07, 6.45) is -5.80. The Balaban J connectivity index is 2.25. The second-order valence-electron chi connectivity index (χ2n) is 7.66. The highest BCUT2D eigenvalue weighted by Crippen LogP contribution is 2.39. The molecule has 202 valence electrons. The van der Waals surface area contributed by atoms with Crippen molar-refractivity contribution in [2.75, 3.05) is 12.8 Å². The van der Waals surface area contributed by atoms with Crippen LogP contribution in [0.1, 0.15) is 34.3 Å². The lowest BCUT2D eigenvalue weighted by Gasteiger charge is -2.18. The molecular weight excluding hydrogens is 572 g/mol. The number of halogens is 9. The SMILES string of the molecule is CSc1cc(C=CC(c2cc(Cl)c(F)c(Cl)c2)C(F)(F)F)ccc1C(=O)NC(C)C(=O)NCC(F)(F)F. The number of amides is 2. The van der Waals surface area contributed by atoms with E-state index in [1.54, 1.807) is 11.6 Å². The number of allylic oxidation sites excluding steroid dienone is 1. The smallest absolute Gasteiger partial charge is 0.345 e. The van der Waals surface area contributed by atoms with Crippen molar-refractivity contribution in [3.63, 3.8) is 0 Å². The molecule has 14 heteroatoms. The predicted molar refractivity (Wildman–Crippen MR) is 128 cm³/mol. The molecule has 0 aliphatic heterocycles. The normalized spacial score (nSPS) is 13.9. The zero-order valence-electron chi connectivity index (χ0n) is 19.0. The number of hydrogen-bond donors (Lipinski definition) is 2. The largest absolute Gasteiger partial charge is 0.405 e. The maximum Gasteiger partial charge on any atom is 0.405 e. The van der Waals surface area contributed by atoms with Crippen LogP contribution in [-0.2, 0) is 4.79 Å². The molecule has 2 aromatic rings. The lowest BCUT2D eigenvalue weighted by atomic mass is 9.96. The molecule has 2 unspecified atom stereocenters. The average Bonchev–Trinajstić information content (AvgIpc) is 2.79. The maximum absolute atomic E-state index is 13.7. The number of nitrogens with one attached hydrogen (secondary N) is 2. The third-order valence-corrected chi connectivity index (χ3v) is 6.20. The van der Waals surface area contributed by atoms with Crippen LogP contribution in [0.4, 0.5) is 30.7 Å². The first-order valence-corrected chi connectivity index (χ1v) is 12.2. The van der Waals surface area contributed by atoms with Gasteiger partial charge in [-0.15, -0.1) is 11.8 Å². The van der Waals surface area contributed by atoms with E-state index in [9.17, 15) is 40.3 Å². The summed E-state index contributed by atoms with van der Waals surface area (Å²) < 4.78 is 91.6. The van der Waals surface area contributed by atoms with Gasteiger partial charge in [-0.05, 0) is 48.6 Å². The molecule has 0 aromatic heterocycles. The molecule has 37 heavy (non-hydrogen) atoms. The third kappa shape index (κ3) is 8.82. The molecule has 2 aromatic carbocycles. The molecule has 4 nitrogen and oxygen atoms in total. The van der Waals surface area contributed by atoms with Crippen LogP contribution in [0.15, 0.2) is 41.3 Å². The van der Waals surface area contributed by atoms with Gasteiger partial charge in [0.05, 0.1) is 21.5 Å². The summed E-state index contributed by atoms with van der Waals surface area (Å²) in [4.78, 5) is 24.7. The first-order chi connectivity index (χ1) is 17.0. The summed E-state index contributed by atoms with van der Waals surface area (Å²) >= 11 is 12.4. The van der Waals surface area contributed by atoms with E-state index < -0.39 is 58.5 Å². The van der Waals surface area contributed by atoms with Gasteiger partial charge in [-0.3, -0.25) is 9.59 Å². The number of carbonyl (C=O) groups is 2. The van der Waals surface area contributed by atoms with Gasteiger partial charge < -0.3 is 10.6 Å². The van der Waals surface area contributed by atoms with Crippen molar-refractivity contribution >= 4 is 52.9 Å². The molecule has 0 bridgehead atoms. The predicted octanol–water partition coefficient (Wildman–Crippen LogP) is 7.01. The lowest BCUT2D eigenvalue weighted by Crippen LogP contribution is -2.47. The molecule has 0 heterocycles. The Labute approximate surface area is 221 Å². The number of alkyl halides is 6. The molecule has 0 saturated heterocycles. The van der Waals surface area contributed by atoms with E-state index in [-0.39, 0.29) is 16.7 Å². The number of rotatable bonds is 8.